The van der Waals surface area contributed by atoms with Gasteiger partial charge in [0.05, 0.1) is 12.2 Å². The molecule has 5 nitrogen and oxygen atoms in total. The highest BCUT2D eigenvalue weighted by molar-refractivity contribution is 7.90. The zero-order chi connectivity index (χ0) is 14.3. The summed E-state index contributed by atoms with van der Waals surface area (Å²) in [7, 11) is -3.53. The first-order chi connectivity index (χ1) is 8.98. The summed E-state index contributed by atoms with van der Waals surface area (Å²) in [6, 6.07) is 5.34. The van der Waals surface area contributed by atoms with Crippen molar-refractivity contribution in [3.8, 4) is 11.8 Å². The van der Waals surface area contributed by atoms with Crippen molar-refractivity contribution in [2.75, 3.05) is 17.8 Å². The van der Waals surface area contributed by atoms with Crippen LogP contribution in [0, 0.1) is 18.8 Å². The quantitative estimate of drug-likeness (QED) is 0.703. The molecule has 4 N–H and O–H groups in total. The van der Waals surface area contributed by atoms with Crippen LogP contribution in [-0.4, -0.2) is 21.5 Å². The SMILES string of the molecule is CCCNS(=O)(=O)Nc1cc(C#CCN)ccc1C. The number of nitrogens with one attached hydrogen (secondary N) is 2. The van der Waals surface area contributed by atoms with E-state index in [1.54, 1.807) is 6.07 Å². The molecule has 0 aliphatic rings. The zero-order valence-electron chi connectivity index (χ0n) is 11.2. The standard InChI is InChI=1S/C13H19N3O2S/c1-3-9-15-19(17,18)16-13-10-12(5-4-8-14)7-6-11(13)2/h6-7,10,15-16H,3,8-9,14H2,1-2H3. The van der Waals surface area contributed by atoms with E-state index in [9.17, 15) is 8.42 Å². The molecule has 0 aliphatic heterocycles. The second-order valence-corrected chi connectivity index (χ2v) is 5.54. The number of rotatable bonds is 5. The summed E-state index contributed by atoms with van der Waals surface area (Å²) in [5, 5.41) is 0. The Morgan fingerprint density at radius 1 is 1.37 bits per heavy atom. The van der Waals surface area contributed by atoms with E-state index in [4.69, 9.17) is 5.73 Å². The average Bonchev–Trinajstić information content (AvgIpc) is 2.37. The van der Waals surface area contributed by atoms with E-state index < -0.39 is 10.2 Å². The van der Waals surface area contributed by atoms with Gasteiger partial charge in [-0.05, 0) is 31.0 Å². The lowest BCUT2D eigenvalue weighted by Crippen LogP contribution is -2.30. The van der Waals surface area contributed by atoms with Crippen LogP contribution in [0.15, 0.2) is 18.2 Å². The molecule has 19 heavy (non-hydrogen) atoms. The number of hydrogen-bond donors (Lipinski definition) is 3. The second kappa shape index (κ2) is 7.14. The molecule has 1 aromatic carbocycles. The highest BCUT2D eigenvalue weighted by atomic mass is 32.2. The molecule has 0 fully saturated rings. The molecule has 0 radical (unpaired) electrons. The maximum atomic E-state index is 11.8. The molecule has 0 spiro atoms. The Labute approximate surface area is 114 Å². The first-order valence-electron chi connectivity index (χ1n) is 6.05. The number of benzene rings is 1. The molecular weight excluding hydrogens is 262 g/mol. The van der Waals surface area contributed by atoms with E-state index in [0.717, 1.165) is 17.5 Å². The fourth-order valence-electron chi connectivity index (χ4n) is 1.38. The smallest absolute Gasteiger partial charge is 0.299 e. The highest BCUT2D eigenvalue weighted by Crippen LogP contribution is 2.17. The van der Waals surface area contributed by atoms with E-state index in [1.807, 2.05) is 26.0 Å². The van der Waals surface area contributed by atoms with Gasteiger partial charge < -0.3 is 5.73 Å². The van der Waals surface area contributed by atoms with Crippen LogP contribution in [0.1, 0.15) is 24.5 Å². The lowest BCUT2D eigenvalue weighted by atomic mass is 10.1. The summed E-state index contributed by atoms with van der Waals surface area (Å²) in [5.41, 5.74) is 7.39. The van der Waals surface area contributed by atoms with Crippen molar-refractivity contribution in [3.05, 3.63) is 29.3 Å². The van der Waals surface area contributed by atoms with Crippen molar-refractivity contribution in [1.82, 2.24) is 4.72 Å². The third-order valence-electron chi connectivity index (χ3n) is 2.36. The Bertz CT molecular complexity index is 586. The van der Waals surface area contributed by atoms with Crippen molar-refractivity contribution < 1.29 is 8.42 Å². The number of aryl methyl sites for hydroxylation is 1. The summed E-state index contributed by atoms with van der Waals surface area (Å²) in [6.07, 6.45) is 0.738. The van der Waals surface area contributed by atoms with Gasteiger partial charge in [-0.2, -0.15) is 13.1 Å². The zero-order valence-corrected chi connectivity index (χ0v) is 12.0. The molecule has 104 valence electrons. The minimum Gasteiger partial charge on any atom is -0.320 e. The molecule has 0 saturated heterocycles. The predicted octanol–water partition coefficient (Wildman–Crippen LogP) is 0.962. The maximum absolute atomic E-state index is 11.8. The van der Waals surface area contributed by atoms with Gasteiger partial charge >= 0.3 is 0 Å². The van der Waals surface area contributed by atoms with E-state index in [2.05, 4.69) is 21.3 Å². The highest BCUT2D eigenvalue weighted by Gasteiger charge is 2.10. The summed E-state index contributed by atoms with van der Waals surface area (Å²) >= 11 is 0. The maximum Gasteiger partial charge on any atom is 0.299 e. The minimum atomic E-state index is -3.53. The summed E-state index contributed by atoms with van der Waals surface area (Å²) in [6.45, 7) is 4.41. The van der Waals surface area contributed by atoms with Gasteiger partial charge in [-0.15, -0.1) is 0 Å². The van der Waals surface area contributed by atoms with Crippen LogP contribution in [0.25, 0.3) is 0 Å². The molecule has 1 aromatic rings. The normalized spacial score (nSPS) is 10.7. The van der Waals surface area contributed by atoms with Crippen LogP contribution in [-0.2, 0) is 10.2 Å². The predicted molar refractivity (Wildman–Crippen MR) is 77.9 cm³/mol. The molecule has 1 rings (SSSR count). The number of anilines is 1. The van der Waals surface area contributed by atoms with Crippen molar-refractivity contribution in [1.29, 1.82) is 0 Å². The van der Waals surface area contributed by atoms with Gasteiger partial charge in [-0.1, -0.05) is 24.8 Å². The van der Waals surface area contributed by atoms with Crippen molar-refractivity contribution >= 4 is 15.9 Å². The Morgan fingerprint density at radius 3 is 2.74 bits per heavy atom. The van der Waals surface area contributed by atoms with Gasteiger partial charge in [-0.3, -0.25) is 4.72 Å². The molecule has 0 heterocycles. The fourth-order valence-corrected chi connectivity index (χ4v) is 2.43. The molecule has 0 aliphatic carbocycles. The lowest BCUT2D eigenvalue weighted by Gasteiger charge is -2.11. The minimum absolute atomic E-state index is 0.271. The Kier molecular flexibility index (Phi) is 5.83. The topological polar surface area (TPSA) is 84.2 Å². The van der Waals surface area contributed by atoms with Gasteiger partial charge in [0.25, 0.3) is 10.2 Å². The number of hydrogen-bond acceptors (Lipinski definition) is 3. The van der Waals surface area contributed by atoms with Crippen LogP contribution in [0.3, 0.4) is 0 Å². The van der Waals surface area contributed by atoms with Gasteiger partial charge in [0, 0.05) is 12.1 Å². The van der Waals surface area contributed by atoms with Crippen molar-refractivity contribution in [2.45, 2.75) is 20.3 Å². The fraction of sp³-hybridized carbons (Fsp3) is 0.385. The Balaban J connectivity index is 2.94. The molecule has 0 atom stereocenters. The lowest BCUT2D eigenvalue weighted by molar-refractivity contribution is 0.586. The van der Waals surface area contributed by atoms with Crippen LogP contribution < -0.4 is 15.2 Å². The second-order valence-electron chi connectivity index (χ2n) is 4.04. The van der Waals surface area contributed by atoms with Gasteiger partial charge in [-0.25, -0.2) is 0 Å². The third kappa shape index (κ3) is 5.30. The molecular formula is C13H19N3O2S. The molecule has 0 unspecified atom stereocenters. The number of nitrogens with two attached hydrogens (primary N) is 1. The van der Waals surface area contributed by atoms with Crippen molar-refractivity contribution in [3.63, 3.8) is 0 Å². The van der Waals surface area contributed by atoms with Crippen molar-refractivity contribution in [2.24, 2.45) is 5.73 Å². The first-order valence-corrected chi connectivity index (χ1v) is 7.54. The third-order valence-corrected chi connectivity index (χ3v) is 3.43. The Hall–Kier alpha value is -1.55. The molecule has 0 amide bonds. The van der Waals surface area contributed by atoms with E-state index in [1.165, 1.54) is 0 Å². The van der Waals surface area contributed by atoms with E-state index in [-0.39, 0.29) is 6.54 Å². The van der Waals surface area contributed by atoms with Gasteiger partial charge in [0.2, 0.25) is 0 Å². The summed E-state index contributed by atoms with van der Waals surface area (Å²) in [4.78, 5) is 0. The largest absolute Gasteiger partial charge is 0.320 e. The molecule has 0 bridgehead atoms. The average molecular weight is 281 g/mol. The van der Waals surface area contributed by atoms with Gasteiger partial charge in [0.15, 0.2) is 0 Å². The molecule has 0 aromatic heterocycles. The van der Waals surface area contributed by atoms with E-state index >= 15 is 0 Å². The monoisotopic (exact) mass is 281 g/mol. The van der Waals surface area contributed by atoms with Crippen LogP contribution in [0.5, 0.6) is 0 Å². The summed E-state index contributed by atoms with van der Waals surface area (Å²) in [5.74, 6) is 5.60. The van der Waals surface area contributed by atoms with Crippen LogP contribution in [0.4, 0.5) is 5.69 Å². The molecule has 6 heteroatoms. The summed E-state index contributed by atoms with van der Waals surface area (Å²) < 4.78 is 28.5. The Morgan fingerprint density at radius 2 is 2.11 bits per heavy atom. The molecule has 0 saturated carbocycles. The van der Waals surface area contributed by atoms with Crippen LogP contribution in [0.2, 0.25) is 0 Å². The van der Waals surface area contributed by atoms with Gasteiger partial charge in [0.1, 0.15) is 0 Å². The van der Waals surface area contributed by atoms with Crippen LogP contribution >= 0.6 is 0 Å². The van der Waals surface area contributed by atoms with E-state index in [0.29, 0.717) is 12.2 Å². The first kappa shape index (κ1) is 15.5.